The standard InChI is InChI=1S/C50H86O6/c1-4-7-10-13-16-19-22-24-25-26-29-31-34-37-40-43-49(52)55-46-47(45-54-48(51)42-39-36-33-30-27-21-18-15-12-9-6-3)56-50(53)44-41-38-35-32-28-23-20-17-14-11-8-5-2/h8,11,15,17-18,20-21,27-28,32,47H,4-7,9-10,12-14,16,19,22-26,29-31,33-46H2,1-3H3/b11-8-,18-15-,20-17-,27-21-,32-28-. The number of carbonyl (C=O) groups is 3. The molecule has 0 N–H and O–H groups in total. The fourth-order valence-electron chi connectivity index (χ4n) is 6.26. The number of hydrogen-bond acceptors (Lipinski definition) is 6. The quantitative estimate of drug-likeness (QED) is 0.0202. The number of carbonyl (C=O) groups excluding carboxylic acids is 3. The zero-order valence-electron chi connectivity index (χ0n) is 36.6. The van der Waals surface area contributed by atoms with E-state index >= 15 is 0 Å². The van der Waals surface area contributed by atoms with Gasteiger partial charge in [0.15, 0.2) is 6.10 Å². The highest BCUT2D eigenvalue weighted by Gasteiger charge is 2.19. The van der Waals surface area contributed by atoms with Crippen molar-refractivity contribution >= 4 is 17.9 Å². The summed E-state index contributed by atoms with van der Waals surface area (Å²) in [5.74, 6) is -0.968. The van der Waals surface area contributed by atoms with Gasteiger partial charge in [-0.15, -0.1) is 0 Å². The van der Waals surface area contributed by atoms with Crippen LogP contribution in [0.2, 0.25) is 0 Å². The van der Waals surface area contributed by atoms with E-state index in [4.69, 9.17) is 14.2 Å². The van der Waals surface area contributed by atoms with Gasteiger partial charge in [0.1, 0.15) is 13.2 Å². The lowest BCUT2D eigenvalue weighted by atomic mass is 10.0. The van der Waals surface area contributed by atoms with Crippen LogP contribution < -0.4 is 0 Å². The maximum atomic E-state index is 12.7. The van der Waals surface area contributed by atoms with Crippen LogP contribution in [0.15, 0.2) is 60.8 Å². The van der Waals surface area contributed by atoms with Crippen molar-refractivity contribution in [1.82, 2.24) is 0 Å². The predicted octanol–water partition coefficient (Wildman–Crippen LogP) is 14.9. The highest BCUT2D eigenvalue weighted by Crippen LogP contribution is 2.14. The van der Waals surface area contributed by atoms with Gasteiger partial charge in [0.25, 0.3) is 0 Å². The molecule has 0 heterocycles. The van der Waals surface area contributed by atoms with Gasteiger partial charge in [-0.1, -0.05) is 191 Å². The second-order valence-corrected chi connectivity index (χ2v) is 15.3. The summed E-state index contributed by atoms with van der Waals surface area (Å²) in [4.78, 5) is 37.7. The summed E-state index contributed by atoms with van der Waals surface area (Å²) >= 11 is 0. The first-order valence-electron chi connectivity index (χ1n) is 23.3. The third kappa shape index (κ3) is 42.3. The minimum absolute atomic E-state index is 0.0969. The van der Waals surface area contributed by atoms with Gasteiger partial charge in [-0.25, -0.2) is 0 Å². The van der Waals surface area contributed by atoms with Gasteiger partial charge < -0.3 is 14.2 Å². The van der Waals surface area contributed by atoms with Crippen molar-refractivity contribution in [2.45, 2.75) is 226 Å². The zero-order valence-corrected chi connectivity index (χ0v) is 36.6. The van der Waals surface area contributed by atoms with E-state index in [-0.39, 0.29) is 37.5 Å². The summed E-state index contributed by atoms with van der Waals surface area (Å²) in [5, 5.41) is 0. The van der Waals surface area contributed by atoms with Gasteiger partial charge in [0.2, 0.25) is 0 Å². The van der Waals surface area contributed by atoms with Crippen LogP contribution >= 0.6 is 0 Å². The maximum absolute atomic E-state index is 12.7. The average Bonchev–Trinajstić information content (AvgIpc) is 3.19. The normalized spacial score (nSPS) is 12.6. The van der Waals surface area contributed by atoms with Gasteiger partial charge in [0, 0.05) is 19.3 Å². The molecule has 0 rings (SSSR count). The second kappa shape index (κ2) is 44.8. The molecule has 0 saturated carbocycles. The highest BCUT2D eigenvalue weighted by molar-refractivity contribution is 5.71. The van der Waals surface area contributed by atoms with E-state index in [1.807, 2.05) is 0 Å². The van der Waals surface area contributed by atoms with Crippen LogP contribution in [0.25, 0.3) is 0 Å². The molecule has 0 aliphatic carbocycles. The van der Waals surface area contributed by atoms with Gasteiger partial charge in [-0.05, 0) is 70.6 Å². The molecular formula is C50H86O6. The van der Waals surface area contributed by atoms with Crippen LogP contribution in [0.4, 0.5) is 0 Å². The molecule has 0 radical (unpaired) electrons. The number of ether oxygens (including phenoxy) is 3. The summed E-state index contributed by atoms with van der Waals surface area (Å²) in [6.07, 6.45) is 53.5. The Balaban J connectivity index is 4.43. The monoisotopic (exact) mass is 783 g/mol. The van der Waals surface area contributed by atoms with Crippen molar-refractivity contribution in [3.63, 3.8) is 0 Å². The SMILES string of the molecule is CC/C=C\C/C=C\C/C=C\CCCCC(=O)OC(COC(=O)CCCCC/C=C\C=C/CCCC)COC(=O)CCCCCCCCCCCCCCCCC. The first-order chi connectivity index (χ1) is 27.5. The summed E-state index contributed by atoms with van der Waals surface area (Å²) in [7, 11) is 0. The number of unbranched alkanes of at least 4 members (excludes halogenated alkanes) is 21. The summed E-state index contributed by atoms with van der Waals surface area (Å²) < 4.78 is 16.7. The van der Waals surface area contributed by atoms with Crippen molar-refractivity contribution in [2.75, 3.05) is 13.2 Å². The molecule has 6 nitrogen and oxygen atoms in total. The second-order valence-electron chi connectivity index (χ2n) is 15.3. The van der Waals surface area contributed by atoms with Crippen LogP contribution in [0, 0.1) is 0 Å². The Morgan fingerprint density at radius 3 is 1.29 bits per heavy atom. The Morgan fingerprint density at radius 2 is 0.768 bits per heavy atom. The molecule has 0 fully saturated rings. The van der Waals surface area contributed by atoms with E-state index in [2.05, 4.69) is 81.5 Å². The molecule has 0 amide bonds. The van der Waals surface area contributed by atoms with Crippen LogP contribution in [0.1, 0.15) is 220 Å². The van der Waals surface area contributed by atoms with Crippen molar-refractivity contribution in [3.8, 4) is 0 Å². The summed E-state index contributed by atoms with van der Waals surface area (Å²) in [6, 6.07) is 0. The third-order valence-electron chi connectivity index (χ3n) is 9.78. The van der Waals surface area contributed by atoms with E-state index < -0.39 is 6.10 Å². The minimum atomic E-state index is -0.800. The molecule has 0 saturated heterocycles. The highest BCUT2D eigenvalue weighted by atomic mass is 16.6. The molecule has 0 aliphatic heterocycles. The Labute approximate surface area is 345 Å². The van der Waals surface area contributed by atoms with Gasteiger partial charge >= 0.3 is 17.9 Å². The molecule has 0 aromatic heterocycles. The van der Waals surface area contributed by atoms with E-state index in [9.17, 15) is 14.4 Å². The lowest BCUT2D eigenvalue weighted by molar-refractivity contribution is -0.167. The number of rotatable bonds is 41. The predicted molar refractivity (Wildman–Crippen MR) is 238 cm³/mol. The fraction of sp³-hybridized carbons (Fsp3) is 0.740. The molecule has 56 heavy (non-hydrogen) atoms. The smallest absolute Gasteiger partial charge is 0.306 e. The summed E-state index contributed by atoms with van der Waals surface area (Å²) in [6.45, 7) is 6.40. The van der Waals surface area contributed by atoms with E-state index in [0.29, 0.717) is 19.3 Å². The summed E-state index contributed by atoms with van der Waals surface area (Å²) in [5.41, 5.74) is 0. The van der Waals surface area contributed by atoms with Gasteiger partial charge in [0.05, 0.1) is 0 Å². The van der Waals surface area contributed by atoms with Crippen molar-refractivity contribution in [3.05, 3.63) is 60.8 Å². The molecule has 0 spiro atoms. The number of hydrogen-bond donors (Lipinski definition) is 0. The molecule has 0 aromatic carbocycles. The first-order valence-corrected chi connectivity index (χ1v) is 23.3. The molecule has 1 unspecified atom stereocenters. The third-order valence-corrected chi connectivity index (χ3v) is 9.78. The Kier molecular flexibility index (Phi) is 42.5. The lowest BCUT2D eigenvalue weighted by Crippen LogP contribution is -2.30. The van der Waals surface area contributed by atoms with E-state index in [1.54, 1.807) is 0 Å². The maximum Gasteiger partial charge on any atom is 0.306 e. The van der Waals surface area contributed by atoms with Crippen molar-refractivity contribution in [1.29, 1.82) is 0 Å². The minimum Gasteiger partial charge on any atom is -0.462 e. The van der Waals surface area contributed by atoms with Crippen molar-refractivity contribution < 1.29 is 28.6 Å². The Hall–Kier alpha value is -2.89. The van der Waals surface area contributed by atoms with Gasteiger partial charge in [-0.2, -0.15) is 0 Å². The molecule has 6 heteroatoms. The number of allylic oxidation sites excluding steroid dienone is 10. The largest absolute Gasteiger partial charge is 0.462 e. The molecule has 0 aliphatic rings. The Bertz CT molecular complexity index is 1040. The average molecular weight is 783 g/mol. The first kappa shape index (κ1) is 53.1. The fourth-order valence-corrected chi connectivity index (χ4v) is 6.26. The zero-order chi connectivity index (χ0) is 40.8. The molecule has 0 bridgehead atoms. The van der Waals surface area contributed by atoms with Crippen LogP contribution in [0.3, 0.4) is 0 Å². The molecule has 322 valence electrons. The van der Waals surface area contributed by atoms with E-state index in [1.165, 1.54) is 89.9 Å². The van der Waals surface area contributed by atoms with Crippen LogP contribution in [0.5, 0.6) is 0 Å². The van der Waals surface area contributed by atoms with E-state index in [0.717, 1.165) is 83.5 Å². The number of esters is 3. The molecule has 0 aromatic rings. The van der Waals surface area contributed by atoms with Crippen LogP contribution in [-0.4, -0.2) is 37.2 Å². The van der Waals surface area contributed by atoms with Gasteiger partial charge in [-0.3, -0.25) is 14.4 Å². The Morgan fingerprint density at radius 1 is 0.393 bits per heavy atom. The lowest BCUT2D eigenvalue weighted by Gasteiger charge is -2.18. The van der Waals surface area contributed by atoms with Crippen molar-refractivity contribution in [2.24, 2.45) is 0 Å². The molecule has 1 atom stereocenters. The molecular weight excluding hydrogens is 697 g/mol. The van der Waals surface area contributed by atoms with Crippen LogP contribution in [-0.2, 0) is 28.6 Å². The topological polar surface area (TPSA) is 78.9 Å².